The number of anilines is 1. The van der Waals surface area contributed by atoms with Crippen molar-refractivity contribution in [2.24, 2.45) is 0 Å². The number of carbonyl (C=O) groups excluding carboxylic acids is 2. The van der Waals surface area contributed by atoms with Crippen LogP contribution in [0.1, 0.15) is 27.4 Å². The second kappa shape index (κ2) is 8.48. The smallest absolute Gasteiger partial charge is 0.339 e. The summed E-state index contributed by atoms with van der Waals surface area (Å²) in [4.78, 5) is 33.0. The third-order valence-corrected chi connectivity index (χ3v) is 4.40. The predicted octanol–water partition coefficient (Wildman–Crippen LogP) is 3.28. The van der Waals surface area contributed by atoms with Crippen LogP contribution in [0, 0.1) is 26.6 Å². The SMILES string of the molecule is Cc1cc(C)nc(-n2nc(C)cc2NC(=O)COC(=O)c2ccc(F)cc2Br)n1. The number of carbonyl (C=O) groups is 2. The van der Waals surface area contributed by atoms with Crippen LogP contribution < -0.4 is 5.32 Å². The summed E-state index contributed by atoms with van der Waals surface area (Å²) < 4.78 is 19.8. The van der Waals surface area contributed by atoms with Gasteiger partial charge in [0, 0.05) is 21.9 Å². The van der Waals surface area contributed by atoms with E-state index in [0.717, 1.165) is 23.5 Å². The third-order valence-electron chi connectivity index (χ3n) is 3.74. The summed E-state index contributed by atoms with van der Waals surface area (Å²) in [5.41, 5.74) is 2.28. The standard InChI is InChI=1S/C19H17BrFN5O3/c1-10-6-11(2)23-19(22-10)26-16(7-12(3)25-26)24-17(27)9-29-18(28)14-5-4-13(21)8-15(14)20/h4-8H,9H2,1-3H3,(H,24,27). The van der Waals surface area contributed by atoms with Gasteiger partial charge in [-0.15, -0.1) is 0 Å². The van der Waals surface area contributed by atoms with Crippen molar-refractivity contribution in [3.05, 3.63) is 63.3 Å². The quantitative estimate of drug-likeness (QED) is 0.585. The average Bonchev–Trinajstić information content (AvgIpc) is 2.99. The van der Waals surface area contributed by atoms with Crippen molar-refractivity contribution in [1.82, 2.24) is 19.7 Å². The number of aromatic nitrogens is 4. The number of halogens is 2. The normalized spacial score (nSPS) is 10.7. The van der Waals surface area contributed by atoms with Gasteiger partial charge in [0.1, 0.15) is 11.6 Å². The van der Waals surface area contributed by atoms with Crippen molar-refractivity contribution >= 4 is 33.6 Å². The summed E-state index contributed by atoms with van der Waals surface area (Å²) in [6.45, 7) is 4.90. The molecule has 0 fully saturated rings. The molecule has 2 heterocycles. The van der Waals surface area contributed by atoms with E-state index < -0.39 is 24.3 Å². The molecule has 0 saturated heterocycles. The van der Waals surface area contributed by atoms with Crippen LogP contribution in [0.3, 0.4) is 0 Å². The van der Waals surface area contributed by atoms with Crippen LogP contribution in [0.4, 0.5) is 10.2 Å². The molecule has 1 N–H and O–H groups in total. The number of aryl methyl sites for hydroxylation is 3. The van der Waals surface area contributed by atoms with Gasteiger partial charge in [0.25, 0.3) is 11.9 Å². The second-order valence-electron chi connectivity index (χ2n) is 6.28. The summed E-state index contributed by atoms with van der Waals surface area (Å²) >= 11 is 3.09. The average molecular weight is 462 g/mol. The molecule has 0 radical (unpaired) electrons. The number of rotatable bonds is 5. The topological polar surface area (TPSA) is 99.0 Å². The Morgan fingerprint density at radius 1 is 1.10 bits per heavy atom. The second-order valence-corrected chi connectivity index (χ2v) is 7.14. The van der Waals surface area contributed by atoms with E-state index >= 15 is 0 Å². The Morgan fingerprint density at radius 3 is 2.45 bits per heavy atom. The van der Waals surface area contributed by atoms with Crippen molar-refractivity contribution in [2.45, 2.75) is 20.8 Å². The number of nitrogens with one attached hydrogen (secondary N) is 1. The molecule has 0 aliphatic carbocycles. The highest BCUT2D eigenvalue weighted by Gasteiger charge is 2.17. The lowest BCUT2D eigenvalue weighted by molar-refractivity contribution is -0.119. The van der Waals surface area contributed by atoms with Gasteiger partial charge in [-0.1, -0.05) is 0 Å². The zero-order chi connectivity index (χ0) is 21.1. The first-order valence-corrected chi connectivity index (χ1v) is 9.33. The highest BCUT2D eigenvalue weighted by Crippen LogP contribution is 2.19. The molecule has 29 heavy (non-hydrogen) atoms. The van der Waals surface area contributed by atoms with Gasteiger partial charge in [0.05, 0.1) is 11.3 Å². The first-order chi connectivity index (χ1) is 13.7. The van der Waals surface area contributed by atoms with E-state index in [9.17, 15) is 14.0 Å². The van der Waals surface area contributed by atoms with Gasteiger partial charge >= 0.3 is 5.97 Å². The molecule has 10 heteroatoms. The van der Waals surface area contributed by atoms with Crippen LogP contribution in [-0.4, -0.2) is 38.2 Å². The number of ether oxygens (including phenoxy) is 1. The summed E-state index contributed by atoms with van der Waals surface area (Å²) in [5, 5.41) is 6.94. The minimum absolute atomic E-state index is 0.115. The molecular weight excluding hydrogens is 445 g/mol. The molecule has 8 nitrogen and oxygen atoms in total. The zero-order valence-corrected chi connectivity index (χ0v) is 17.4. The van der Waals surface area contributed by atoms with Crippen LogP contribution >= 0.6 is 15.9 Å². The maximum absolute atomic E-state index is 13.1. The largest absolute Gasteiger partial charge is 0.452 e. The maximum Gasteiger partial charge on any atom is 0.339 e. The van der Waals surface area contributed by atoms with Gasteiger partial charge in [0.15, 0.2) is 6.61 Å². The van der Waals surface area contributed by atoms with Crippen molar-refractivity contribution in [3.63, 3.8) is 0 Å². The Morgan fingerprint density at radius 2 is 1.79 bits per heavy atom. The summed E-state index contributed by atoms with van der Waals surface area (Å²) in [6, 6.07) is 7.02. The fourth-order valence-electron chi connectivity index (χ4n) is 2.59. The van der Waals surface area contributed by atoms with Crippen molar-refractivity contribution in [2.75, 3.05) is 11.9 Å². The minimum atomic E-state index is -0.755. The Bertz CT molecular complexity index is 1080. The van der Waals surface area contributed by atoms with Crippen LogP contribution in [0.2, 0.25) is 0 Å². The van der Waals surface area contributed by atoms with E-state index in [2.05, 4.69) is 36.3 Å². The molecule has 0 aliphatic rings. The zero-order valence-electron chi connectivity index (χ0n) is 15.9. The molecule has 0 aliphatic heterocycles. The molecule has 1 aromatic carbocycles. The lowest BCUT2D eigenvalue weighted by Gasteiger charge is -2.09. The lowest BCUT2D eigenvalue weighted by Crippen LogP contribution is -2.23. The summed E-state index contributed by atoms with van der Waals surface area (Å²) in [6.07, 6.45) is 0. The molecular formula is C19H17BrFN5O3. The molecule has 0 saturated carbocycles. The van der Waals surface area contributed by atoms with E-state index in [1.807, 2.05) is 19.9 Å². The minimum Gasteiger partial charge on any atom is -0.452 e. The molecule has 0 atom stereocenters. The molecule has 150 valence electrons. The van der Waals surface area contributed by atoms with E-state index in [0.29, 0.717) is 17.5 Å². The van der Waals surface area contributed by atoms with Gasteiger partial charge in [-0.05, 0) is 61.0 Å². The number of amides is 1. The van der Waals surface area contributed by atoms with Crippen LogP contribution in [0.5, 0.6) is 0 Å². The van der Waals surface area contributed by atoms with Gasteiger partial charge < -0.3 is 10.1 Å². The van der Waals surface area contributed by atoms with Gasteiger partial charge in [0.2, 0.25) is 0 Å². The first-order valence-electron chi connectivity index (χ1n) is 8.54. The van der Waals surface area contributed by atoms with Gasteiger partial charge in [-0.2, -0.15) is 9.78 Å². The molecule has 1 amide bonds. The maximum atomic E-state index is 13.1. The number of hydrogen-bond donors (Lipinski definition) is 1. The molecule has 0 spiro atoms. The van der Waals surface area contributed by atoms with E-state index in [1.54, 1.807) is 13.0 Å². The van der Waals surface area contributed by atoms with Crippen molar-refractivity contribution < 1.29 is 18.7 Å². The summed E-state index contributed by atoms with van der Waals surface area (Å²) in [7, 11) is 0. The lowest BCUT2D eigenvalue weighted by atomic mass is 10.2. The van der Waals surface area contributed by atoms with Crippen LogP contribution in [0.15, 0.2) is 34.8 Å². The number of benzene rings is 1. The van der Waals surface area contributed by atoms with Gasteiger partial charge in [-0.25, -0.2) is 19.2 Å². The highest BCUT2D eigenvalue weighted by molar-refractivity contribution is 9.10. The van der Waals surface area contributed by atoms with Crippen molar-refractivity contribution in [3.8, 4) is 5.95 Å². The molecule has 3 aromatic rings. The first kappa shape index (κ1) is 20.6. The molecule has 3 rings (SSSR count). The van der Waals surface area contributed by atoms with Crippen LogP contribution in [0.25, 0.3) is 5.95 Å². The van der Waals surface area contributed by atoms with E-state index in [4.69, 9.17) is 4.74 Å². The molecule has 2 aromatic heterocycles. The molecule has 0 unspecified atom stereocenters. The monoisotopic (exact) mass is 461 g/mol. The number of esters is 1. The van der Waals surface area contributed by atoms with E-state index in [1.165, 1.54) is 10.7 Å². The summed E-state index contributed by atoms with van der Waals surface area (Å²) in [5.74, 6) is -1.16. The van der Waals surface area contributed by atoms with Gasteiger partial charge in [-0.3, -0.25) is 4.79 Å². The third kappa shape index (κ3) is 5.02. The molecule has 0 bridgehead atoms. The highest BCUT2D eigenvalue weighted by atomic mass is 79.9. The Hall–Kier alpha value is -3.14. The Balaban J connectivity index is 1.70. The van der Waals surface area contributed by atoms with Crippen LogP contribution in [-0.2, 0) is 9.53 Å². The fraction of sp³-hybridized carbons (Fsp3) is 0.211. The Kier molecular flexibility index (Phi) is 6.02. The fourth-order valence-corrected chi connectivity index (χ4v) is 3.10. The number of nitrogens with zero attached hydrogens (tertiary/aromatic N) is 4. The Labute approximate surface area is 174 Å². The van der Waals surface area contributed by atoms with E-state index in [-0.39, 0.29) is 10.0 Å². The van der Waals surface area contributed by atoms with Crippen molar-refractivity contribution in [1.29, 1.82) is 0 Å². The predicted molar refractivity (Wildman–Crippen MR) is 106 cm³/mol. The number of hydrogen-bond acceptors (Lipinski definition) is 6.